The molecule has 2 aromatic carbocycles. The molecule has 6 heteroatoms. The number of aromatic hydroxyl groups is 4. The third-order valence-electron chi connectivity index (χ3n) is 4.80. The van der Waals surface area contributed by atoms with Gasteiger partial charge in [0.1, 0.15) is 33.6 Å². The average molecular weight is 396 g/mol. The minimum atomic E-state index is -0.677. The van der Waals surface area contributed by atoms with Crippen LogP contribution < -0.4 is 5.43 Å². The van der Waals surface area contributed by atoms with Gasteiger partial charge >= 0.3 is 0 Å². The smallest absolute Gasteiger partial charge is 0.208 e. The fraction of sp³-hybridized carbons (Fsp3) is 0.261. The lowest BCUT2D eigenvalue weighted by atomic mass is 9.96. The Hall–Kier alpha value is -3.41. The summed E-state index contributed by atoms with van der Waals surface area (Å²) in [6.45, 7) is 7.59. The summed E-state index contributed by atoms with van der Waals surface area (Å²) in [5.41, 5.74) is 1.64. The zero-order valence-electron chi connectivity index (χ0n) is 16.8. The Labute approximate surface area is 167 Å². The molecule has 1 heterocycles. The van der Waals surface area contributed by atoms with Crippen molar-refractivity contribution in [2.24, 2.45) is 0 Å². The fourth-order valence-corrected chi connectivity index (χ4v) is 3.24. The van der Waals surface area contributed by atoms with Crippen molar-refractivity contribution in [1.29, 1.82) is 0 Å². The minimum Gasteiger partial charge on any atom is -0.507 e. The van der Waals surface area contributed by atoms with Crippen LogP contribution in [0.3, 0.4) is 0 Å². The van der Waals surface area contributed by atoms with Crippen LogP contribution in [0.5, 0.6) is 23.0 Å². The fourth-order valence-electron chi connectivity index (χ4n) is 3.24. The Kier molecular flexibility index (Phi) is 5.29. The van der Waals surface area contributed by atoms with Gasteiger partial charge in [0.05, 0.1) is 0 Å². The lowest BCUT2D eigenvalue weighted by Gasteiger charge is -2.15. The maximum Gasteiger partial charge on any atom is 0.208 e. The molecule has 152 valence electrons. The monoisotopic (exact) mass is 396 g/mol. The highest BCUT2D eigenvalue weighted by atomic mass is 16.4. The molecule has 29 heavy (non-hydrogen) atoms. The third kappa shape index (κ3) is 3.53. The van der Waals surface area contributed by atoms with Crippen molar-refractivity contribution in [2.45, 2.75) is 40.5 Å². The van der Waals surface area contributed by atoms with Gasteiger partial charge in [0.2, 0.25) is 5.43 Å². The molecule has 3 rings (SSSR count). The second kappa shape index (κ2) is 7.54. The van der Waals surface area contributed by atoms with Crippen molar-refractivity contribution in [3.63, 3.8) is 0 Å². The van der Waals surface area contributed by atoms with E-state index in [-0.39, 0.29) is 57.6 Å². The van der Waals surface area contributed by atoms with E-state index in [0.717, 1.165) is 11.1 Å². The Morgan fingerprint density at radius 1 is 0.793 bits per heavy atom. The first-order valence-electron chi connectivity index (χ1n) is 9.27. The van der Waals surface area contributed by atoms with E-state index in [4.69, 9.17) is 4.42 Å². The normalized spacial score (nSPS) is 11.0. The number of fused-ring (bicyclic) bond motifs is 2. The standard InChI is InChI=1S/C23H24O6/c1-11(2)5-7-13-19(26)14(8-6-12(3)4)22-18(20(13)27)21(28)17-15(24)9-10-16(25)23(17)29-22/h5-6,9-10,24-27H,7-8H2,1-4H3. The van der Waals surface area contributed by atoms with E-state index >= 15 is 0 Å². The molecule has 1 aromatic heterocycles. The molecule has 0 aliphatic heterocycles. The van der Waals surface area contributed by atoms with Gasteiger partial charge in [0.15, 0.2) is 11.3 Å². The summed E-state index contributed by atoms with van der Waals surface area (Å²) in [4.78, 5) is 13.2. The van der Waals surface area contributed by atoms with Crippen molar-refractivity contribution in [1.82, 2.24) is 0 Å². The summed E-state index contributed by atoms with van der Waals surface area (Å²) in [5.74, 6) is -1.24. The first kappa shape index (κ1) is 20.3. The van der Waals surface area contributed by atoms with E-state index in [1.54, 1.807) is 0 Å². The van der Waals surface area contributed by atoms with E-state index in [1.807, 2.05) is 39.8 Å². The molecule has 0 saturated carbocycles. The molecule has 0 bridgehead atoms. The van der Waals surface area contributed by atoms with Crippen LogP contribution in [0.4, 0.5) is 0 Å². The number of phenols is 4. The zero-order valence-corrected chi connectivity index (χ0v) is 16.8. The predicted molar refractivity (Wildman–Crippen MR) is 113 cm³/mol. The lowest BCUT2D eigenvalue weighted by Crippen LogP contribution is -2.06. The van der Waals surface area contributed by atoms with Gasteiger partial charge in [0, 0.05) is 11.1 Å². The lowest BCUT2D eigenvalue weighted by molar-refractivity contribution is 0.437. The number of hydrogen-bond acceptors (Lipinski definition) is 6. The van der Waals surface area contributed by atoms with E-state index in [0.29, 0.717) is 5.56 Å². The van der Waals surface area contributed by atoms with E-state index in [1.165, 1.54) is 12.1 Å². The maximum atomic E-state index is 13.2. The third-order valence-corrected chi connectivity index (χ3v) is 4.80. The van der Waals surface area contributed by atoms with Crippen LogP contribution in [-0.2, 0) is 12.8 Å². The van der Waals surface area contributed by atoms with Crippen LogP contribution >= 0.6 is 0 Å². The SMILES string of the molecule is CC(C)=CCc1c(O)c(CC=C(C)C)c2oc3c(O)ccc(O)c3c(=O)c2c1O. The van der Waals surface area contributed by atoms with Gasteiger partial charge in [-0.05, 0) is 52.7 Å². The zero-order chi connectivity index (χ0) is 21.5. The van der Waals surface area contributed by atoms with Crippen LogP contribution in [0.15, 0.2) is 44.6 Å². The van der Waals surface area contributed by atoms with Crippen molar-refractivity contribution >= 4 is 21.9 Å². The highest BCUT2D eigenvalue weighted by Gasteiger charge is 2.25. The summed E-state index contributed by atoms with van der Waals surface area (Å²) in [6.07, 6.45) is 4.18. The average Bonchev–Trinajstić information content (AvgIpc) is 2.63. The molecule has 0 spiro atoms. The van der Waals surface area contributed by atoms with Crippen LogP contribution in [0.2, 0.25) is 0 Å². The van der Waals surface area contributed by atoms with Crippen LogP contribution in [0.25, 0.3) is 21.9 Å². The second-order valence-electron chi connectivity index (χ2n) is 7.57. The van der Waals surface area contributed by atoms with Crippen molar-refractivity contribution in [3.8, 4) is 23.0 Å². The first-order valence-corrected chi connectivity index (χ1v) is 9.27. The van der Waals surface area contributed by atoms with Crippen LogP contribution in [0, 0.1) is 0 Å². The number of hydrogen-bond donors (Lipinski definition) is 4. The molecule has 0 saturated heterocycles. The van der Waals surface area contributed by atoms with E-state index in [2.05, 4.69) is 0 Å². The summed E-state index contributed by atoms with van der Waals surface area (Å²) in [6, 6.07) is 2.40. The molecule has 0 atom stereocenters. The van der Waals surface area contributed by atoms with Crippen molar-refractivity contribution < 1.29 is 24.8 Å². The quantitative estimate of drug-likeness (QED) is 0.287. The maximum absolute atomic E-state index is 13.2. The number of benzene rings is 2. The summed E-state index contributed by atoms with van der Waals surface area (Å²) in [5, 5.41) is 41.7. The van der Waals surface area contributed by atoms with E-state index < -0.39 is 11.2 Å². The number of rotatable bonds is 4. The van der Waals surface area contributed by atoms with Crippen molar-refractivity contribution in [2.75, 3.05) is 0 Å². The molecular weight excluding hydrogens is 372 g/mol. The Morgan fingerprint density at radius 3 is 1.93 bits per heavy atom. The van der Waals surface area contributed by atoms with Gasteiger partial charge in [-0.25, -0.2) is 0 Å². The predicted octanol–water partition coefficient (Wildman–Crippen LogP) is 4.79. The van der Waals surface area contributed by atoms with Crippen LogP contribution in [0.1, 0.15) is 38.8 Å². The molecular formula is C23H24O6. The van der Waals surface area contributed by atoms with Crippen LogP contribution in [-0.4, -0.2) is 20.4 Å². The molecule has 0 unspecified atom stereocenters. The molecule has 3 aromatic rings. The van der Waals surface area contributed by atoms with Gasteiger partial charge in [-0.3, -0.25) is 4.79 Å². The Bertz CT molecular complexity index is 1240. The molecule has 0 aliphatic carbocycles. The summed E-state index contributed by atoms with van der Waals surface area (Å²) < 4.78 is 5.77. The highest BCUT2D eigenvalue weighted by molar-refractivity contribution is 6.00. The van der Waals surface area contributed by atoms with E-state index in [9.17, 15) is 25.2 Å². The van der Waals surface area contributed by atoms with Crippen molar-refractivity contribution in [3.05, 3.63) is 56.8 Å². The summed E-state index contributed by atoms with van der Waals surface area (Å²) >= 11 is 0. The summed E-state index contributed by atoms with van der Waals surface area (Å²) in [7, 11) is 0. The van der Waals surface area contributed by atoms with Gasteiger partial charge in [0.25, 0.3) is 0 Å². The molecule has 0 aliphatic rings. The second-order valence-corrected chi connectivity index (χ2v) is 7.57. The Morgan fingerprint density at radius 2 is 1.34 bits per heavy atom. The first-order chi connectivity index (χ1) is 13.6. The number of allylic oxidation sites excluding steroid dienone is 4. The highest BCUT2D eigenvalue weighted by Crippen LogP contribution is 2.42. The minimum absolute atomic E-state index is 0.0168. The molecule has 4 N–H and O–H groups in total. The molecule has 6 nitrogen and oxygen atoms in total. The van der Waals surface area contributed by atoms with Gasteiger partial charge in [-0.1, -0.05) is 23.3 Å². The topological polar surface area (TPSA) is 111 Å². The molecule has 0 amide bonds. The van der Waals surface area contributed by atoms with Gasteiger partial charge in [-0.15, -0.1) is 0 Å². The molecule has 0 fully saturated rings. The van der Waals surface area contributed by atoms with Gasteiger partial charge < -0.3 is 24.8 Å². The number of phenolic OH excluding ortho intramolecular Hbond substituents is 4. The largest absolute Gasteiger partial charge is 0.507 e. The molecule has 0 radical (unpaired) electrons. The Balaban J connectivity index is 2.54. The van der Waals surface area contributed by atoms with Gasteiger partial charge in [-0.2, -0.15) is 0 Å².